The van der Waals surface area contributed by atoms with E-state index in [4.69, 9.17) is 0 Å². The highest BCUT2D eigenvalue weighted by atomic mass is 32.2. The number of anilines is 1. The van der Waals surface area contributed by atoms with Gasteiger partial charge in [-0.15, -0.1) is 0 Å². The number of carbonyl (C=O) groups excluding carboxylic acids is 1. The van der Waals surface area contributed by atoms with Crippen LogP contribution in [0.2, 0.25) is 0 Å². The van der Waals surface area contributed by atoms with Gasteiger partial charge in [0.25, 0.3) is 15.9 Å². The fourth-order valence-electron chi connectivity index (χ4n) is 3.21. The van der Waals surface area contributed by atoms with Crippen molar-refractivity contribution < 1.29 is 17.6 Å². The largest absolute Gasteiger partial charge is 0.352 e. The smallest absolute Gasteiger partial charge is 0.264 e. The summed E-state index contributed by atoms with van der Waals surface area (Å²) >= 11 is 0. The molecule has 0 atom stereocenters. The van der Waals surface area contributed by atoms with Crippen LogP contribution in [0.4, 0.5) is 10.1 Å². The Bertz CT molecular complexity index is 1160. The van der Waals surface area contributed by atoms with Gasteiger partial charge >= 0.3 is 0 Å². The van der Waals surface area contributed by atoms with Gasteiger partial charge in [-0.3, -0.25) is 9.10 Å². The van der Waals surface area contributed by atoms with Gasteiger partial charge in [0.1, 0.15) is 5.82 Å². The van der Waals surface area contributed by atoms with E-state index in [1.165, 1.54) is 60.6 Å². The number of benzene rings is 3. The zero-order chi connectivity index (χ0) is 22.4. The SMILES string of the molecule is Cc1cccc(CCCNC(=O)c2cccc(S(=O)(=O)N(C)c3ccc(F)cc3)c2)c1. The maximum atomic E-state index is 13.1. The maximum absolute atomic E-state index is 13.1. The van der Waals surface area contributed by atoms with Crippen molar-refractivity contribution >= 4 is 21.6 Å². The number of sulfonamides is 1. The van der Waals surface area contributed by atoms with Crippen molar-refractivity contribution in [3.8, 4) is 0 Å². The summed E-state index contributed by atoms with van der Waals surface area (Å²) in [5.41, 5.74) is 3.01. The Balaban J connectivity index is 1.64. The number of carbonyl (C=O) groups is 1. The van der Waals surface area contributed by atoms with Gasteiger partial charge < -0.3 is 5.32 Å². The molecule has 31 heavy (non-hydrogen) atoms. The molecule has 0 radical (unpaired) electrons. The predicted octanol–water partition coefficient (Wildman–Crippen LogP) is 4.32. The van der Waals surface area contributed by atoms with E-state index in [1.54, 1.807) is 6.07 Å². The van der Waals surface area contributed by atoms with Crippen molar-refractivity contribution in [3.05, 3.63) is 95.3 Å². The monoisotopic (exact) mass is 440 g/mol. The minimum atomic E-state index is -3.90. The first-order valence-electron chi connectivity index (χ1n) is 9.96. The molecule has 5 nitrogen and oxygen atoms in total. The third-order valence-corrected chi connectivity index (χ3v) is 6.74. The van der Waals surface area contributed by atoms with Crippen molar-refractivity contribution in [3.63, 3.8) is 0 Å². The second-order valence-corrected chi connectivity index (χ2v) is 9.29. The van der Waals surface area contributed by atoms with Crippen LogP contribution < -0.4 is 9.62 Å². The second-order valence-electron chi connectivity index (χ2n) is 7.33. The zero-order valence-corrected chi connectivity index (χ0v) is 18.3. The number of hydrogen-bond acceptors (Lipinski definition) is 3. The Morgan fingerprint density at radius 3 is 2.42 bits per heavy atom. The first-order valence-corrected chi connectivity index (χ1v) is 11.4. The molecule has 0 aliphatic rings. The molecule has 0 aliphatic carbocycles. The molecule has 0 bridgehead atoms. The Hall–Kier alpha value is -3.19. The van der Waals surface area contributed by atoms with E-state index in [0.717, 1.165) is 17.1 Å². The molecule has 0 heterocycles. The minimum absolute atomic E-state index is 0.00765. The van der Waals surface area contributed by atoms with E-state index >= 15 is 0 Å². The lowest BCUT2D eigenvalue weighted by atomic mass is 10.1. The van der Waals surface area contributed by atoms with Gasteiger partial charge in [0.05, 0.1) is 10.6 Å². The molecule has 3 rings (SSSR count). The van der Waals surface area contributed by atoms with Crippen molar-refractivity contribution in [1.82, 2.24) is 5.32 Å². The number of amides is 1. The lowest BCUT2D eigenvalue weighted by Gasteiger charge is -2.19. The molecule has 0 aromatic heterocycles. The lowest BCUT2D eigenvalue weighted by Crippen LogP contribution is -2.28. The van der Waals surface area contributed by atoms with Gasteiger partial charge in [-0.25, -0.2) is 12.8 Å². The fourth-order valence-corrected chi connectivity index (χ4v) is 4.45. The van der Waals surface area contributed by atoms with Crippen LogP contribution in [0.1, 0.15) is 27.9 Å². The number of nitrogens with one attached hydrogen (secondary N) is 1. The molecule has 1 amide bonds. The molecule has 3 aromatic carbocycles. The average Bonchev–Trinajstić information content (AvgIpc) is 2.77. The van der Waals surface area contributed by atoms with Gasteiger partial charge in [-0.2, -0.15) is 0 Å². The van der Waals surface area contributed by atoms with Crippen LogP contribution in [-0.4, -0.2) is 27.9 Å². The van der Waals surface area contributed by atoms with Crippen molar-refractivity contribution in [2.45, 2.75) is 24.7 Å². The van der Waals surface area contributed by atoms with Crippen LogP contribution in [0.5, 0.6) is 0 Å². The number of rotatable bonds is 8. The van der Waals surface area contributed by atoms with Crippen LogP contribution in [-0.2, 0) is 16.4 Å². The topological polar surface area (TPSA) is 66.5 Å². The Morgan fingerprint density at radius 2 is 1.71 bits per heavy atom. The van der Waals surface area contributed by atoms with Crippen LogP contribution in [0.25, 0.3) is 0 Å². The molecule has 0 aliphatic heterocycles. The van der Waals surface area contributed by atoms with E-state index in [0.29, 0.717) is 12.2 Å². The van der Waals surface area contributed by atoms with E-state index in [2.05, 4.69) is 17.4 Å². The highest BCUT2D eigenvalue weighted by molar-refractivity contribution is 7.92. The number of halogens is 1. The van der Waals surface area contributed by atoms with E-state index in [9.17, 15) is 17.6 Å². The molecular weight excluding hydrogens is 415 g/mol. The zero-order valence-electron chi connectivity index (χ0n) is 17.5. The molecule has 0 saturated carbocycles. The first-order chi connectivity index (χ1) is 14.8. The van der Waals surface area contributed by atoms with Gasteiger partial charge in [-0.1, -0.05) is 35.9 Å². The molecule has 1 N–H and O–H groups in total. The maximum Gasteiger partial charge on any atom is 0.264 e. The molecule has 0 unspecified atom stereocenters. The summed E-state index contributed by atoms with van der Waals surface area (Å²) < 4.78 is 40.1. The van der Waals surface area contributed by atoms with Gasteiger partial charge in [-0.05, 0) is 67.8 Å². The van der Waals surface area contributed by atoms with Crippen molar-refractivity contribution in [1.29, 1.82) is 0 Å². The van der Waals surface area contributed by atoms with Crippen molar-refractivity contribution in [2.75, 3.05) is 17.9 Å². The number of hydrogen-bond donors (Lipinski definition) is 1. The Morgan fingerprint density at radius 1 is 1.00 bits per heavy atom. The van der Waals surface area contributed by atoms with Crippen LogP contribution in [0, 0.1) is 12.7 Å². The van der Waals surface area contributed by atoms with Gasteiger partial charge in [0.2, 0.25) is 0 Å². The van der Waals surface area contributed by atoms with Gasteiger partial charge in [0, 0.05) is 19.2 Å². The summed E-state index contributed by atoms with van der Waals surface area (Å²) in [6.07, 6.45) is 1.62. The summed E-state index contributed by atoms with van der Waals surface area (Å²) in [5, 5.41) is 2.84. The summed E-state index contributed by atoms with van der Waals surface area (Å²) in [6.45, 7) is 2.53. The quantitative estimate of drug-likeness (QED) is 0.531. The molecule has 0 spiro atoms. The van der Waals surface area contributed by atoms with E-state index < -0.39 is 15.8 Å². The second kappa shape index (κ2) is 9.75. The van der Waals surface area contributed by atoms with E-state index in [1.807, 2.05) is 19.1 Å². The Labute approximate surface area is 182 Å². The third-order valence-electron chi connectivity index (χ3n) is 4.96. The Kier molecular flexibility index (Phi) is 7.07. The summed E-state index contributed by atoms with van der Waals surface area (Å²) in [7, 11) is -2.51. The van der Waals surface area contributed by atoms with Crippen molar-refractivity contribution in [2.24, 2.45) is 0 Å². The normalized spacial score (nSPS) is 11.2. The van der Waals surface area contributed by atoms with Gasteiger partial charge in [0.15, 0.2) is 0 Å². The summed E-state index contributed by atoms with van der Waals surface area (Å²) in [4.78, 5) is 12.5. The summed E-state index contributed by atoms with van der Waals surface area (Å²) in [6, 6.07) is 19.3. The fraction of sp³-hybridized carbons (Fsp3) is 0.208. The first kappa shape index (κ1) is 22.5. The lowest BCUT2D eigenvalue weighted by molar-refractivity contribution is 0.0953. The minimum Gasteiger partial charge on any atom is -0.352 e. The molecule has 162 valence electrons. The molecule has 0 fully saturated rings. The standard InChI is InChI=1S/C24H25FN2O3S/c1-18-6-3-7-19(16-18)8-5-15-26-24(28)20-9-4-10-23(17-20)31(29,30)27(2)22-13-11-21(25)12-14-22/h3-4,6-7,9-14,16-17H,5,8,15H2,1-2H3,(H,26,28). The van der Waals surface area contributed by atoms with E-state index in [-0.39, 0.29) is 16.4 Å². The highest BCUT2D eigenvalue weighted by Gasteiger charge is 2.22. The highest BCUT2D eigenvalue weighted by Crippen LogP contribution is 2.23. The van der Waals surface area contributed by atoms with Crippen LogP contribution >= 0.6 is 0 Å². The number of nitrogens with zero attached hydrogens (tertiary/aromatic N) is 1. The molecular formula is C24H25FN2O3S. The molecule has 7 heteroatoms. The third kappa shape index (κ3) is 5.70. The van der Waals surface area contributed by atoms with Crippen LogP contribution in [0.15, 0.2) is 77.7 Å². The summed E-state index contributed by atoms with van der Waals surface area (Å²) in [5.74, 6) is -0.777. The number of aryl methyl sites for hydroxylation is 2. The molecule has 3 aromatic rings. The molecule has 0 saturated heterocycles. The van der Waals surface area contributed by atoms with Crippen LogP contribution in [0.3, 0.4) is 0 Å². The average molecular weight is 441 g/mol. The predicted molar refractivity (Wildman–Crippen MR) is 120 cm³/mol.